The number of anilines is 2. The van der Waals surface area contributed by atoms with Crippen LogP contribution in [0.1, 0.15) is 25.7 Å². The van der Waals surface area contributed by atoms with E-state index in [0.29, 0.717) is 5.54 Å². The number of hydrogen-bond acceptors (Lipinski definition) is 2. The molecule has 0 unspecified atom stereocenters. The Kier molecular flexibility index (Phi) is 2.39. The summed E-state index contributed by atoms with van der Waals surface area (Å²) in [6.45, 7) is 1.10. The quantitative estimate of drug-likeness (QED) is 0.781. The van der Waals surface area contributed by atoms with Gasteiger partial charge >= 0.3 is 0 Å². The van der Waals surface area contributed by atoms with Gasteiger partial charge < -0.3 is 10.2 Å². The highest BCUT2D eigenvalue weighted by Gasteiger charge is 2.40. The van der Waals surface area contributed by atoms with Crippen molar-refractivity contribution < 1.29 is 0 Å². The summed E-state index contributed by atoms with van der Waals surface area (Å²) < 4.78 is 1.16. The molecule has 2 aliphatic rings. The van der Waals surface area contributed by atoms with E-state index in [0.717, 1.165) is 11.0 Å². The number of rotatable bonds is 0. The van der Waals surface area contributed by atoms with E-state index in [1.165, 1.54) is 37.1 Å². The summed E-state index contributed by atoms with van der Waals surface area (Å²) in [5.74, 6) is 0. The summed E-state index contributed by atoms with van der Waals surface area (Å²) in [5, 5.41) is 3.59. The minimum absolute atomic E-state index is 0.369. The molecule has 3 rings (SSSR count). The van der Waals surface area contributed by atoms with Crippen LogP contribution >= 0.6 is 15.9 Å². The lowest BCUT2D eigenvalue weighted by molar-refractivity contribution is 0.429. The molecule has 1 aliphatic carbocycles. The monoisotopic (exact) mass is 280 g/mol. The summed E-state index contributed by atoms with van der Waals surface area (Å²) in [7, 11) is 2.25. The fourth-order valence-electron chi connectivity index (χ4n) is 3.11. The Bertz CT molecular complexity index is 410. The predicted octanol–water partition coefficient (Wildman–Crippen LogP) is 3.62. The normalized spacial score (nSPS) is 22.0. The van der Waals surface area contributed by atoms with Crippen molar-refractivity contribution in [1.82, 2.24) is 0 Å². The van der Waals surface area contributed by atoms with Crippen molar-refractivity contribution in [3.63, 3.8) is 0 Å². The molecule has 2 nitrogen and oxygen atoms in total. The Hall–Kier alpha value is -0.700. The van der Waals surface area contributed by atoms with Gasteiger partial charge in [0.05, 0.1) is 16.9 Å². The lowest BCUT2D eigenvalue weighted by atomic mass is 9.92. The predicted molar refractivity (Wildman–Crippen MR) is 72.2 cm³/mol. The number of benzene rings is 1. The van der Waals surface area contributed by atoms with E-state index >= 15 is 0 Å². The van der Waals surface area contributed by atoms with E-state index in [1.54, 1.807) is 0 Å². The number of fused-ring (bicyclic) bond motifs is 1. The summed E-state index contributed by atoms with van der Waals surface area (Å²) in [4.78, 5) is 2.50. The van der Waals surface area contributed by atoms with E-state index in [1.807, 2.05) is 0 Å². The molecule has 1 saturated carbocycles. The average Bonchev–Trinajstić information content (AvgIpc) is 2.75. The fraction of sp³-hybridized carbons (Fsp3) is 0.538. The maximum Gasteiger partial charge on any atom is 0.0616 e. The van der Waals surface area contributed by atoms with Crippen LogP contribution in [0.25, 0.3) is 0 Å². The van der Waals surface area contributed by atoms with E-state index < -0.39 is 0 Å². The molecule has 1 aromatic carbocycles. The second-order valence-electron chi connectivity index (χ2n) is 5.01. The zero-order chi connectivity index (χ0) is 11.2. The van der Waals surface area contributed by atoms with Crippen LogP contribution in [0.4, 0.5) is 11.4 Å². The number of nitrogens with one attached hydrogen (secondary N) is 1. The molecule has 1 aliphatic heterocycles. The Morgan fingerprint density at radius 1 is 1.31 bits per heavy atom. The lowest BCUT2D eigenvalue weighted by Crippen LogP contribution is -2.52. The molecule has 1 fully saturated rings. The highest BCUT2D eigenvalue weighted by molar-refractivity contribution is 9.10. The van der Waals surface area contributed by atoms with Gasteiger partial charge in [-0.15, -0.1) is 0 Å². The molecule has 0 radical (unpaired) electrons. The SMILES string of the molecule is CN1c2cc(Br)ccc2NCC12CCCC2. The lowest BCUT2D eigenvalue weighted by Gasteiger charge is -2.45. The van der Waals surface area contributed by atoms with Crippen LogP contribution < -0.4 is 10.2 Å². The van der Waals surface area contributed by atoms with Crippen molar-refractivity contribution >= 4 is 27.3 Å². The van der Waals surface area contributed by atoms with Crippen LogP contribution in [-0.2, 0) is 0 Å². The van der Waals surface area contributed by atoms with Gasteiger partial charge in [0.1, 0.15) is 0 Å². The molecular formula is C13H17BrN2. The molecule has 0 amide bonds. The van der Waals surface area contributed by atoms with Gasteiger partial charge in [-0.05, 0) is 31.0 Å². The molecule has 16 heavy (non-hydrogen) atoms. The summed E-state index contributed by atoms with van der Waals surface area (Å²) in [5.41, 5.74) is 2.97. The van der Waals surface area contributed by atoms with Crippen molar-refractivity contribution in [3.8, 4) is 0 Å². The molecule has 1 N–H and O–H groups in total. The van der Waals surface area contributed by atoms with Gasteiger partial charge in [0.2, 0.25) is 0 Å². The third-order valence-electron chi connectivity index (χ3n) is 4.17. The summed E-state index contributed by atoms with van der Waals surface area (Å²) in [6.07, 6.45) is 5.38. The third-order valence-corrected chi connectivity index (χ3v) is 4.67. The van der Waals surface area contributed by atoms with Gasteiger partial charge in [-0.25, -0.2) is 0 Å². The van der Waals surface area contributed by atoms with Crippen LogP contribution in [-0.4, -0.2) is 19.1 Å². The zero-order valence-corrected chi connectivity index (χ0v) is 11.2. The van der Waals surface area contributed by atoms with Crippen LogP contribution in [0.15, 0.2) is 22.7 Å². The van der Waals surface area contributed by atoms with E-state index in [9.17, 15) is 0 Å². The number of nitrogens with zero attached hydrogens (tertiary/aromatic N) is 1. The molecule has 3 heteroatoms. The van der Waals surface area contributed by atoms with Gasteiger partial charge in [0.25, 0.3) is 0 Å². The highest BCUT2D eigenvalue weighted by atomic mass is 79.9. The van der Waals surface area contributed by atoms with E-state index in [2.05, 4.69) is 51.4 Å². The van der Waals surface area contributed by atoms with Crippen molar-refractivity contribution in [3.05, 3.63) is 22.7 Å². The van der Waals surface area contributed by atoms with E-state index in [4.69, 9.17) is 0 Å². The number of halogens is 1. The first-order chi connectivity index (χ1) is 7.71. The number of hydrogen-bond donors (Lipinski definition) is 1. The minimum atomic E-state index is 0.369. The Balaban J connectivity index is 2.03. The Labute approximate surface area is 105 Å². The van der Waals surface area contributed by atoms with E-state index in [-0.39, 0.29) is 0 Å². The minimum Gasteiger partial charge on any atom is -0.381 e. The molecule has 1 aromatic rings. The second-order valence-corrected chi connectivity index (χ2v) is 5.92. The standard InChI is InChI=1S/C13H17BrN2/c1-16-12-8-10(14)4-5-11(12)15-9-13(16)6-2-3-7-13/h4-5,8,15H,2-3,6-7,9H2,1H3. The van der Waals surface area contributed by atoms with Crippen molar-refractivity contribution in [2.24, 2.45) is 0 Å². The first-order valence-corrected chi connectivity index (χ1v) is 6.78. The maximum absolute atomic E-state index is 3.59. The van der Waals surface area contributed by atoms with Crippen LogP contribution in [0.3, 0.4) is 0 Å². The van der Waals surface area contributed by atoms with Gasteiger partial charge in [0.15, 0.2) is 0 Å². The smallest absolute Gasteiger partial charge is 0.0616 e. The molecule has 0 atom stereocenters. The largest absolute Gasteiger partial charge is 0.381 e. The Morgan fingerprint density at radius 3 is 2.81 bits per heavy atom. The molecule has 1 spiro atoms. The average molecular weight is 281 g/mol. The first-order valence-electron chi connectivity index (χ1n) is 5.99. The molecular weight excluding hydrogens is 264 g/mol. The molecule has 0 saturated heterocycles. The van der Waals surface area contributed by atoms with Gasteiger partial charge in [0, 0.05) is 18.1 Å². The highest BCUT2D eigenvalue weighted by Crippen LogP contribution is 2.44. The number of likely N-dealkylation sites (N-methyl/N-ethyl adjacent to an activating group) is 1. The van der Waals surface area contributed by atoms with Gasteiger partial charge in [-0.2, -0.15) is 0 Å². The van der Waals surface area contributed by atoms with Crippen molar-refractivity contribution in [1.29, 1.82) is 0 Å². The fourth-order valence-corrected chi connectivity index (χ4v) is 3.46. The van der Waals surface area contributed by atoms with Gasteiger partial charge in [-0.3, -0.25) is 0 Å². The van der Waals surface area contributed by atoms with Crippen molar-refractivity contribution in [2.75, 3.05) is 23.8 Å². The topological polar surface area (TPSA) is 15.3 Å². The van der Waals surface area contributed by atoms with Crippen LogP contribution in [0, 0.1) is 0 Å². The first kappa shape index (κ1) is 10.5. The molecule has 0 bridgehead atoms. The molecule has 1 heterocycles. The Morgan fingerprint density at radius 2 is 2.06 bits per heavy atom. The zero-order valence-electron chi connectivity index (χ0n) is 9.59. The third kappa shape index (κ3) is 1.45. The molecule has 0 aromatic heterocycles. The second kappa shape index (κ2) is 3.66. The van der Waals surface area contributed by atoms with Gasteiger partial charge in [-0.1, -0.05) is 28.8 Å². The summed E-state index contributed by atoms with van der Waals surface area (Å²) >= 11 is 3.56. The summed E-state index contributed by atoms with van der Waals surface area (Å²) in [6, 6.07) is 6.49. The molecule has 86 valence electrons. The van der Waals surface area contributed by atoms with Crippen LogP contribution in [0.2, 0.25) is 0 Å². The maximum atomic E-state index is 3.59. The van der Waals surface area contributed by atoms with Crippen molar-refractivity contribution in [2.45, 2.75) is 31.2 Å². The van der Waals surface area contributed by atoms with Crippen LogP contribution in [0.5, 0.6) is 0 Å².